The molecule has 2 aliphatic heterocycles. The minimum absolute atomic E-state index is 0.102. The molecule has 0 aliphatic carbocycles. The van der Waals surface area contributed by atoms with Crippen LogP contribution in [0.2, 0.25) is 0 Å². The Morgan fingerprint density at radius 3 is 2.71 bits per heavy atom. The number of anilines is 2. The fourth-order valence-corrected chi connectivity index (χ4v) is 4.05. The predicted octanol–water partition coefficient (Wildman–Crippen LogP) is 0.333. The first kappa shape index (κ1) is 16.7. The van der Waals surface area contributed by atoms with Crippen molar-refractivity contribution >= 4 is 33.2 Å². The van der Waals surface area contributed by atoms with Gasteiger partial charge in [-0.15, -0.1) is 0 Å². The molecular formula is C15H20N4O4S. The molecule has 1 saturated heterocycles. The Morgan fingerprint density at radius 1 is 1.29 bits per heavy atom. The van der Waals surface area contributed by atoms with Gasteiger partial charge in [0.25, 0.3) is 0 Å². The van der Waals surface area contributed by atoms with E-state index in [0.29, 0.717) is 25.3 Å². The first-order valence-corrected chi connectivity index (χ1v) is 9.52. The van der Waals surface area contributed by atoms with Crippen molar-refractivity contribution in [1.82, 2.24) is 9.80 Å². The number of nitrogens with one attached hydrogen (secondary N) is 2. The molecule has 0 aromatic heterocycles. The molecule has 0 radical (unpaired) electrons. The molecular weight excluding hydrogens is 332 g/mol. The van der Waals surface area contributed by atoms with Crippen molar-refractivity contribution in [3.63, 3.8) is 0 Å². The number of urea groups is 1. The van der Waals surface area contributed by atoms with Crippen molar-refractivity contribution in [3.8, 4) is 0 Å². The highest BCUT2D eigenvalue weighted by Gasteiger charge is 2.23. The third kappa shape index (κ3) is 3.85. The molecule has 0 spiro atoms. The lowest BCUT2D eigenvalue weighted by molar-refractivity contribution is -0.117. The zero-order valence-corrected chi connectivity index (χ0v) is 14.2. The van der Waals surface area contributed by atoms with Crippen molar-refractivity contribution in [2.45, 2.75) is 6.54 Å². The number of nitrogens with zero attached hydrogens (tertiary/aromatic N) is 2. The minimum atomic E-state index is -2.94. The molecule has 0 atom stereocenters. The van der Waals surface area contributed by atoms with Gasteiger partial charge in [-0.1, -0.05) is 0 Å². The average Bonchev–Trinajstić information content (AvgIpc) is 2.51. The second-order valence-corrected chi connectivity index (χ2v) is 8.44. The molecule has 1 aromatic carbocycles. The maximum atomic E-state index is 12.1. The molecule has 0 unspecified atom stereocenters. The van der Waals surface area contributed by atoms with Gasteiger partial charge in [-0.05, 0) is 23.8 Å². The van der Waals surface area contributed by atoms with Crippen LogP contribution >= 0.6 is 0 Å². The molecule has 0 saturated carbocycles. The number of sulfone groups is 1. The molecule has 3 rings (SSSR count). The summed E-state index contributed by atoms with van der Waals surface area (Å²) in [5.74, 6) is 0.0264. The van der Waals surface area contributed by atoms with Gasteiger partial charge >= 0.3 is 6.03 Å². The lowest BCUT2D eigenvalue weighted by atomic mass is 10.1. The largest absolute Gasteiger partial charge is 0.325 e. The van der Waals surface area contributed by atoms with Crippen LogP contribution in [0.15, 0.2) is 18.2 Å². The van der Waals surface area contributed by atoms with Gasteiger partial charge < -0.3 is 15.5 Å². The van der Waals surface area contributed by atoms with Crippen LogP contribution < -0.4 is 10.6 Å². The number of benzene rings is 1. The SMILES string of the molecule is CN1Cc2cc(NC(=O)CN3CCS(=O)(=O)CC3)ccc2NC1=O. The molecule has 130 valence electrons. The number of hydrogen-bond donors (Lipinski definition) is 2. The highest BCUT2D eigenvalue weighted by molar-refractivity contribution is 7.91. The highest BCUT2D eigenvalue weighted by Crippen LogP contribution is 2.25. The topological polar surface area (TPSA) is 98.8 Å². The van der Waals surface area contributed by atoms with Crippen molar-refractivity contribution in [1.29, 1.82) is 0 Å². The Kier molecular flexibility index (Phi) is 4.46. The van der Waals surface area contributed by atoms with Crippen LogP contribution in [0.4, 0.5) is 16.2 Å². The van der Waals surface area contributed by atoms with Crippen LogP contribution in [-0.2, 0) is 21.2 Å². The van der Waals surface area contributed by atoms with Crippen LogP contribution in [0.5, 0.6) is 0 Å². The molecule has 24 heavy (non-hydrogen) atoms. The molecule has 0 bridgehead atoms. The molecule has 2 N–H and O–H groups in total. The monoisotopic (exact) mass is 352 g/mol. The second kappa shape index (κ2) is 6.40. The third-order valence-electron chi connectivity index (χ3n) is 4.19. The van der Waals surface area contributed by atoms with E-state index in [1.807, 2.05) is 11.0 Å². The van der Waals surface area contributed by atoms with Gasteiger partial charge in [0, 0.05) is 38.1 Å². The summed E-state index contributed by atoms with van der Waals surface area (Å²) in [6, 6.07) is 5.19. The quantitative estimate of drug-likeness (QED) is 0.817. The number of amides is 3. The van der Waals surface area contributed by atoms with Crippen molar-refractivity contribution in [3.05, 3.63) is 23.8 Å². The lowest BCUT2D eigenvalue weighted by Gasteiger charge is -2.27. The van der Waals surface area contributed by atoms with Crippen LogP contribution in [0.25, 0.3) is 0 Å². The second-order valence-electron chi connectivity index (χ2n) is 6.13. The number of carbonyl (C=O) groups excluding carboxylic acids is 2. The van der Waals surface area contributed by atoms with E-state index < -0.39 is 9.84 Å². The molecule has 3 amide bonds. The predicted molar refractivity (Wildman–Crippen MR) is 90.7 cm³/mol. The number of fused-ring (bicyclic) bond motifs is 1. The van der Waals surface area contributed by atoms with E-state index in [1.165, 1.54) is 0 Å². The van der Waals surface area contributed by atoms with Crippen LogP contribution in [0, 0.1) is 0 Å². The molecule has 1 aromatic rings. The summed E-state index contributed by atoms with van der Waals surface area (Å²) >= 11 is 0. The Morgan fingerprint density at radius 2 is 2.00 bits per heavy atom. The summed E-state index contributed by atoms with van der Waals surface area (Å²) in [4.78, 5) is 27.1. The molecule has 2 heterocycles. The van der Waals surface area contributed by atoms with E-state index in [9.17, 15) is 18.0 Å². The minimum Gasteiger partial charge on any atom is -0.325 e. The van der Waals surface area contributed by atoms with Gasteiger partial charge in [0.15, 0.2) is 9.84 Å². The maximum Gasteiger partial charge on any atom is 0.321 e. The van der Waals surface area contributed by atoms with Crippen LogP contribution in [-0.4, -0.2) is 68.3 Å². The van der Waals surface area contributed by atoms with E-state index in [2.05, 4.69) is 10.6 Å². The molecule has 9 heteroatoms. The van der Waals surface area contributed by atoms with E-state index in [4.69, 9.17) is 0 Å². The van der Waals surface area contributed by atoms with Crippen molar-refractivity contribution in [2.75, 3.05) is 48.8 Å². The fourth-order valence-electron chi connectivity index (χ4n) is 2.77. The zero-order chi connectivity index (χ0) is 17.3. The number of rotatable bonds is 3. The summed E-state index contributed by atoms with van der Waals surface area (Å²) in [6.45, 7) is 1.42. The Bertz CT molecular complexity index is 764. The van der Waals surface area contributed by atoms with Gasteiger partial charge in [0.2, 0.25) is 5.91 Å². The number of carbonyl (C=O) groups is 2. The van der Waals surface area contributed by atoms with E-state index in [1.54, 1.807) is 24.1 Å². The Balaban J connectivity index is 1.59. The van der Waals surface area contributed by atoms with E-state index in [-0.39, 0.29) is 30.0 Å². The van der Waals surface area contributed by atoms with Crippen LogP contribution in [0.3, 0.4) is 0 Å². The van der Waals surface area contributed by atoms with E-state index >= 15 is 0 Å². The van der Waals surface area contributed by atoms with Gasteiger partial charge in [-0.2, -0.15) is 0 Å². The highest BCUT2D eigenvalue weighted by atomic mass is 32.2. The van der Waals surface area contributed by atoms with E-state index in [0.717, 1.165) is 11.3 Å². The first-order valence-electron chi connectivity index (χ1n) is 7.70. The van der Waals surface area contributed by atoms with Gasteiger partial charge in [-0.25, -0.2) is 13.2 Å². The average molecular weight is 352 g/mol. The molecule has 2 aliphatic rings. The summed E-state index contributed by atoms with van der Waals surface area (Å²) in [6.07, 6.45) is 0. The standard InChI is InChI=1S/C15H20N4O4S/c1-18-9-11-8-12(2-3-13(11)17-15(18)21)16-14(20)10-19-4-6-24(22,23)7-5-19/h2-3,8H,4-7,9-10H2,1H3,(H,16,20)(H,17,21). The zero-order valence-electron chi connectivity index (χ0n) is 13.4. The smallest absolute Gasteiger partial charge is 0.321 e. The van der Waals surface area contributed by atoms with Gasteiger partial charge in [0.05, 0.1) is 18.1 Å². The Hall–Kier alpha value is -2.13. The molecule has 8 nitrogen and oxygen atoms in total. The number of hydrogen-bond acceptors (Lipinski definition) is 5. The van der Waals surface area contributed by atoms with Crippen molar-refractivity contribution in [2.24, 2.45) is 0 Å². The van der Waals surface area contributed by atoms with Crippen molar-refractivity contribution < 1.29 is 18.0 Å². The summed E-state index contributed by atoms with van der Waals surface area (Å²) in [5, 5.41) is 5.60. The van der Waals surface area contributed by atoms with Gasteiger partial charge in [-0.3, -0.25) is 9.69 Å². The summed E-state index contributed by atoms with van der Waals surface area (Å²) < 4.78 is 22.8. The van der Waals surface area contributed by atoms with Gasteiger partial charge in [0.1, 0.15) is 0 Å². The lowest BCUT2D eigenvalue weighted by Crippen LogP contribution is -2.43. The maximum absolute atomic E-state index is 12.1. The molecule has 1 fully saturated rings. The first-order chi connectivity index (χ1) is 11.3. The van der Waals surface area contributed by atoms with Crippen LogP contribution in [0.1, 0.15) is 5.56 Å². The fraction of sp³-hybridized carbons (Fsp3) is 0.467. The summed E-state index contributed by atoms with van der Waals surface area (Å²) in [7, 11) is -1.24. The Labute approximate surface area is 140 Å². The summed E-state index contributed by atoms with van der Waals surface area (Å²) in [5.41, 5.74) is 2.34. The third-order valence-corrected chi connectivity index (χ3v) is 5.80. The normalized spacial score (nSPS) is 20.2.